The second-order valence-corrected chi connectivity index (χ2v) is 6.82. The summed E-state index contributed by atoms with van der Waals surface area (Å²) in [5, 5.41) is 3.66. The van der Waals surface area contributed by atoms with Crippen molar-refractivity contribution in [3.8, 4) is 0 Å². The lowest BCUT2D eigenvalue weighted by Gasteiger charge is -2.16. The molecule has 0 spiro atoms. The Morgan fingerprint density at radius 1 is 1.53 bits per heavy atom. The molecule has 0 aliphatic heterocycles. The molecule has 0 saturated heterocycles. The van der Waals surface area contributed by atoms with Crippen molar-refractivity contribution in [1.29, 1.82) is 0 Å². The van der Waals surface area contributed by atoms with E-state index in [9.17, 15) is 0 Å². The normalized spacial score (nSPS) is 18.0. The standard InChI is InChI=1S/C12H18BrNS/c1-2-7-14-10(8-9-3-4-9)11-5-6-12(13)15-11/h5-6,9-10,14H,2-4,7-8H2,1H3. The van der Waals surface area contributed by atoms with Gasteiger partial charge >= 0.3 is 0 Å². The molecule has 1 fully saturated rings. The summed E-state index contributed by atoms with van der Waals surface area (Å²) in [6.45, 7) is 3.36. The SMILES string of the molecule is CCCNC(CC1CC1)c1ccc(Br)s1. The quantitative estimate of drug-likeness (QED) is 0.820. The minimum Gasteiger partial charge on any atom is -0.309 e. The fraction of sp³-hybridized carbons (Fsp3) is 0.667. The second kappa shape index (κ2) is 5.46. The lowest BCUT2D eigenvalue weighted by molar-refractivity contribution is 0.480. The molecule has 1 aromatic heterocycles. The summed E-state index contributed by atoms with van der Waals surface area (Å²) in [6.07, 6.45) is 5.42. The molecule has 3 heteroatoms. The van der Waals surface area contributed by atoms with Crippen LogP contribution in [0.15, 0.2) is 15.9 Å². The highest BCUT2D eigenvalue weighted by Crippen LogP contribution is 2.39. The predicted octanol–water partition coefficient (Wildman–Crippen LogP) is 4.35. The second-order valence-electron chi connectivity index (χ2n) is 4.33. The summed E-state index contributed by atoms with van der Waals surface area (Å²) in [6, 6.07) is 5.01. The van der Waals surface area contributed by atoms with Crippen LogP contribution in [0.1, 0.15) is 43.5 Å². The van der Waals surface area contributed by atoms with E-state index < -0.39 is 0 Å². The molecular weight excluding hydrogens is 270 g/mol. The Bertz CT molecular complexity index is 306. The van der Waals surface area contributed by atoms with Crippen LogP contribution in [-0.2, 0) is 0 Å². The minimum atomic E-state index is 0.591. The molecule has 1 N–H and O–H groups in total. The topological polar surface area (TPSA) is 12.0 Å². The Morgan fingerprint density at radius 2 is 2.33 bits per heavy atom. The van der Waals surface area contributed by atoms with Crippen LogP contribution in [0.3, 0.4) is 0 Å². The van der Waals surface area contributed by atoms with Gasteiger partial charge in [0.2, 0.25) is 0 Å². The molecule has 0 aromatic carbocycles. The van der Waals surface area contributed by atoms with Crippen molar-refractivity contribution in [1.82, 2.24) is 5.32 Å². The number of halogens is 1. The molecule has 2 rings (SSSR count). The molecular formula is C12H18BrNS. The highest BCUT2D eigenvalue weighted by molar-refractivity contribution is 9.11. The van der Waals surface area contributed by atoms with Gasteiger partial charge < -0.3 is 5.32 Å². The van der Waals surface area contributed by atoms with Crippen molar-refractivity contribution in [3.05, 3.63) is 20.8 Å². The van der Waals surface area contributed by atoms with Crippen LogP contribution in [0, 0.1) is 5.92 Å². The highest BCUT2D eigenvalue weighted by atomic mass is 79.9. The lowest BCUT2D eigenvalue weighted by atomic mass is 10.1. The van der Waals surface area contributed by atoms with Crippen LogP contribution in [0.5, 0.6) is 0 Å². The van der Waals surface area contributed by atoms with E-state index >= 15 is 0 Å². The first kappa shape index (κ1) is 11.6. The highest BCUT2D eigenvalue weighted by Gasteiger charge is 2.26. The van der Waals surface area contributed by atoms with Crippen LogP contribution < -0.4 is 5.32 Å². The zero-order valence-corrected chi connectivity index (χ0v) is 11.5. The van der Waals surface area contributed by atoms with Gasteiger partial charge in [-0.25, -0.2) is 0 Å². The monoisotopic (exact) mass is 287 g/mol. The third kappa shape index (κ3) is 3.58. The third-order valence-corrected chi connectivity index (χ3v) is 4.58. The summed E-state index contributed by atoms with van der Waals surface area (Å²) < 4.78 is 1.25. The first-order valence-electron chi connectivity index (χ1n) is 5.78. The Kier molecular flexibility index (Phi) is 4.23. The van der Waals surface area contributed by atoms with Gasteiger partial charge in [-0.15, -0.1) is 11.3 Å². The summed E-state index contributed by atoms with van der Waals surface area (Å²) in [5.41, 5.74) is 0. The first-order valence-corrected chi connectivity index (χ1v) is 7.39. The van der Waals surface area contributed by atoms with Crippen LogP contribution in [0.2, 0.25) is 0 Å². The third-order valence-electron chi connectivity index (χ3n) is 2.84. The molecule has 15 heavy (non-hydrogen) atoms. The predicted molar refractivity (Wildman–Crippen MR) is 70.4 cm³/mol. The van der Waals surface area contributed by atoms with Crippen molar-refractivity contribution in [2.75, 3.05) is 6.54 Å². The largest absolute Gasteiger partial charge is 0.309 e. The lowest BCUT2D eigenvalue weighted by Crippen LogP contribution is -2.21. The maximum absolute atomic E-state index is 3.66. The molecule has 1 saturated carbocycles. The van der Waals surface area contributed by atoms with Crippen LogP contribution in [0.4, 0.5) is 0 Å². The smallest absolute Gasteiger partial charge is 0.0701 e. The molecule has 0 amide bonds. The number of hydrogen-bond donors (Lipinski definition) is 1. The maximum Gasteiger partial charge on any atom is 0.0701 e. The fourth-order valence-electron chi connectivity index (χ4n) is 1.82. The van der Waals surface area contributed by atoms with E-state index in [1.807, 2.05) is 11.3 Å². The van der Waals surface area contributed by atoms with Gasteiger partial charge in [-0.2, -0.15) is 0 Å². The molecule has 1 aliphatic rings. The molecule has 1 nitrogen and oxygen atoms in total. The Morgan fingerprint density at radius 3 is 2.87 bits per heavy atom. The average Bonchev–Trinajstić information content (AvgIpc) is 2.94. The number of nitrogens with one attached hydrogen (secondary N) is 1. The van der Waals surface area contributed by atoms with Gasteiger partial charge in [-0.3, -0.25) is 0 Å². The summed E-state index contributed by atoms with van der Waals surface area (Å²) in [7, 11) is 0. The van der Waals surface area contributed by atoms with Crippen molar-refractivity contribution < 1.29 is 0 Å². The maximum atomic E-state index is 3.66. The van der Waals surface area contributed by atoms with Crippen molar-refractivity contribution in [3.63, 3.8) is 0 Å². The molecule has 0 radical (unpaired) electrons. The van der Waals surface area contributed by atoms with E-state index in [1.54, 1.807) is 0 Å². The summed E-state index contributed by atoms with van der Waals surface area (Å²) in [4.78, 5) is 1.49. The van der Waals surface area contributed by atoms with E-state index in [0.29, 0.717) is 6.04 Å². The summed E-state index contributed by atoms with van der Waals surface area (Å²) in [5.74, 6) is 0.986. The van der Waals surface area contributed by atoms with Gasteiger partial charge in [-0.05, 0) is 53.4 Å². The first-order chi connectivity index (χ1) is 7.29. The zero-order valence-electron chi connectivity index (χ0n) is 9.13. The molecule has 1 unspecified atom stereocenters. The molecule has 1 aromatic rings. The van der Waals surface area contributed by atoms with E-state index in [4.69, 9.17) is 0 Å². The summed E-state index contributed by atoms with van der Waals surface area (Å²) >= 11 is 5.41. The van der Waals surface area contributed by atoms with Crippen molar-refractivity contribution >= 4 is 27.3 Å². The van der Waals surface area contributed by atoms with Crippen molar-refractivity contribution in [2.45, 2.75) is 38.6 Å². The van der Waals surface area contributed by atoms with E-state index in [1.165, 1.54) is 34.3 Å². The number of hydrogen-bond acceptors (Lipinski definition) is 2. The Hall–Kier alpha value is 0.140. The van der Waals surface area contributed by atoms with Crippen LogP contribution in [-0.4, -0.2) is 6.54 Å². The van der Waals surface area contributed by atoms with Crippen LogP contribution >= 0.6 is 27.3 Å². The number of rotatable bonds is 6. The Labute approximate surface area is 104 Å². The van der Waals surface area contributed by atoms with Gasteiger partial charge in [-0.1, -0.05) is 19.8 Å². The Balaban J connectivity index is 1.96. The number of thiophene rings is 1. The van der Waals surface area contributed by atoms with Gasteiger partial charge in [0.05, 0.1) is 3.79 Å². The molecule has 84 valence electrons. The molecule has 1 aliphatic carbocycles. The van der Waals surface area contributed by atoms with Gasteiger partial charge in [0.15, 0.2) is 0 Å². The van der Waals surface area contributed by atoms with Gasteiger partial charge in [0.1, 0.15) is 0 Å². The molecule has 1 heterocycles. The molecule has 1 atom stereocenters. The van der Waals surface area contributed by atoms with E-state index in [-0.39, 0.29) is 0 Å². The average molecular weight is 288 g/mol. The zero-order chi connectivity index (χ0) is 10.7. The fourth-order valence-corrected chi connectivity index (χ4v) is 3.33. The van der Waals surface area contributed by atoms with E-state index in [0.717, 1.165) is 12.5 Å². The van der Waals surface area contributed by atoms with Gasteiger partial charge in [0.25, 0.3) is 0 Å². The van der Waals surface area contributed by atoms with E-state index in [2.05, 4.69) is 40.3 Å². The van der Waals surface area contributed by atoms with Gasteiger partial charge in [0, 0.05) is 10.9 Å². The van der Waals surface area contributed by atoms with Crippen LogP contribution in [0.25, 0.3) is 0 Å². The minimum absolute atomic E-state index is 0.591. The van der Waals surface area contributed by atoms with Crippen molar-refractivity contribution in [2.24, 2.45) is 5.92 Å². The molecule has 0 bridgehead atoms.